The van der Waals surface area contributed by atoms with Gasteiger partial charge < -0.3 is 10.4 Å². The summed E-state index contributed by atoms with van der Waals surface area (Å²) < 4.78 is 0. The van der Waals surface area contributed by atoms with Crippen molar-refractivity contribution in [3.8, 4) is 0 Å². The number of nitrogens with one attached hydrogen (secondary N) is 1. The standard InChI is InChI=1S/C15H18N2O3/c18-14(19)13-9-11-3-1-2-4-12(11)17(13)15(20)16-8-7-10-5-6-10/h1-4,10,13H,5-9H2,(H,16,20)(H,18,19). The minimum atomic E-state index is -0.960. The summed E-state index contributed by atoms with van der Waals surface area (Å²) in [5.41, 5.74) is 1.63. The quantitative estimate of drug-likeness (QED) is 0.882. The first-order valence-corrected chi connectivity index (χ1v) is 7.04. The van der Waals surface area contributed by atoms with Crippen LogP contribution in [0.2, 0.25) is 0 Å². The van der Waals surface area contributed by atoms with Gasteiger partial charge in [-0.2, -0.15) is 0 Å². The van der Waals surface area contributed by atoms with Crippen molar-refractivity contribution in [2.45, 2.75) is 31.7 Å². The molecular weight excluding hydrogens is 256 g/mol. The largest absolute Gasteiger partial charge is 0.480 e. The van der Waals surface area contributed by atoms with Crippen LogP contribution in [0.15, 0.2) is 24.3 Å². The highest BCUT2D eigenvalue weighted by Crippen LogP contribution is 2.33. The predicted octanol–water partition coefficient (Wildman–Crippen LogP) is 2.01. The van der Waals surface area contributed by atoms with Crippen molar-refractivity contribution in [1.82, 2.24) is 5.32 Å². The van der Waals surface area contributed by atoms with Gasteiger partial charge in [0.25, 0.3) is 0 Å². The van der Waals surface area contributed by atoms with Crippen LogP contribution in [0.5, 0.6) is 0 Å². The number of amides is 2. The van der Waals surface area contributed by atoms with Crippen LogP contribution in [0.4, 0.5) is 10.5 Å². The zero-order valence-corrected chi connectivity index (χ0v) is 11.2. The van der Waals surface area contributed by atoms with Crippen LogP contribution in [-0.4, -0.2) is 29.7 Å². The molecule has 1 unspecified atom stereocenters. The Morgan fingerprint density at radius 2 is 2.05 bits per heavy atom. The second kappa shape index (κ2) is 5.15. The second-order valence-electron chi connectivity index (χ2n) is 5.52. The number of fused-ring (bicyclic) bond motifs is 1. The maximum atomic E-state index is 12.3. The van der Waals surface area contributed by atoms with Gasteiger partial charge in [-0.1, -0.05) is 31.0 Å². The van der Waals surface area contributed by atoms with Gasteiger partial charge in [-0.3, -0.25) is 4.90 Å². The molecule has 1 aromatic rings. The molecule has 1 aliphatic carbocycles. The highest BCUT2D eigenvalue weighted by Gasteiger charge is 2.38. The fourth-order valence-electron chi connectivity index (χ4n) is 2.71. The Labute approximate surface area is 117 Å². The molecule has 1 heterocycles. The van der Waals surface area contributed by atoms with Crippen molar-refractivity contribution in [1.29, 1.82) is 0 Å². The predicted molar refractivity (Wildman–Crippen MR) is 74.8 cm³/mol. The SMILES string of the molecule is O=C(O)C1Cc2ccccc2N1C(=O)NCCC1CC1. The fourth-order valence-corrected chi connectivity index (χ4v) is 2.71. The number of benzene rings is 1. The monoisotopic (exact) mass is 274 g/mol. The lowest BCUT2D eigenvalue weighted by Crippen LogP contribution is -2.48. The van der Waals surface area contributed by atoms with E-state index in [1.54, 1.807) is 6.07 Å². The summed E-state index contributed by atoms with van der Waals surface area (Å²) in [4.78, 5) is 25.0. The number of urea groups is 1. The molecule has 2 aliphatic rings. The van der Waals surface area contributed by atoms with E-state index in [1.165, 1.54) is 17.7 Å². The van der Waals surface area contributed by atoms with E-state index < -0.39 is 12.0 Å². The number of rotatable bonds is 4. The van der Waals surface area contributed by atoms with Crippen molar-refractivity contribution in [2.24, 2.45) is 5.92 Å². The summed E-state index contributed by atoms with van der Waals surface area (Å²) >= 11 is 0. The highest BCUT2D eigenvalue weighted by atomic mass is 16.4. The molecule has 20 heavy (non-hydrogen) atoms. The van der Waals surface area contributed by atoms with Crippen molar-refractivity contribution in [2.75, 3.05) is 11.4 Å². The number of carbonyl (C=O) groups excluding carboxylic acids is 1. The van der Waals surface area contributed by atoms with Gasteiger partial charge in [0.1, 0.15) is 6.04 Å². The number of carbonyl (C=O) groups is 2. The molecule has 1 fully saturated rings. The van der Waals surface area contributed by atoms with Crippen LogP contribution < -0.4 is 10.2 Å². The van der Waals surface area contributed by atoms with E-state index in [-0.39, 0.29) is 6.03 Å². The summed E-state index contributed by atoms with van der Waals surface area (Å²) in [6.07, 6.45) is 3.86. The number of anilines is 1. The van der Waals surface area contributed by atoms with Gasteiger partial charge in [0, 0.05) is 18.7 Å². The molecule has 5 heteroatoms. The topological polar surface area (TPSA) is 69.6 Å². The number of hydrogen-bond donors (Lipinski definition) is 2. The minimum absolute atomic E-state index is 0.303. The number of carboxylic acid groups (broad SMARTS) is 1. The average molecular weight is 274 g/mol. The normalized spacial score (nSPS) is 20.6. The van der Waals surface area contributed by atoms with Crippen molar-refractivity contribution in [3.05, 3.63) is 29.8 Å². The molecule has 2 amide bonds. The lowest BCUT2D eigenvalue weighted by Gasteiger charge is -2.23. The highest BCUT2D eigenvalue weighted by molar-refractivity contribution is 6.01. The van der Waals surface area contributed by atoms with E-state index in [1.807, 2.05) is 18.2 Å². The van der Waals surface area contributed by atoms with Gasteiger partial charge in [0.05, 0.1) is 0 Å². The second-order valence-corrected chi connectivity index (χ2v) is 5.52. The Balaban J connectivity index is 1.73. The van der Waals surface area contributed by atoms with Crippen molar-refractivity contribution >= 4 is 17.7 Å². The van der Waals surface area contributed by atoms with Crippen LogP contribution in [0.1, 0.15) is 24.8 Å². The van der Waals surface area contributed by atoms with Crippen LogP contribution in [0.25, 0.3) is 0 Å². The molecule has 0 bridgehead atoms. The van der Waals surface area contributed by atoms with E-state index in [2.05, 4.69) is 5.32 Å². The lowest BCUT2D eigenvalue weighted by atomic mass is 10.1. The third-order valence-corrected chi connectivity index (χ3v) is 4.01. The Bertz CT molecular complexity index is 540. The van der Waals surface area contributed by atoms with Crippen molar-refractivity contribution in [3.63, 3.8) is 0 Å². The molecule has 1 aromatic carbocycles. The van der Waals surface area contributed by atoms with Gasteiger partial charge >= 0.3 is 12.0 Å². The van der Waals surface area contributed by atoms with E-state index in [9.17, 15) is 14.7 Å². The number of carboxylic acids is 1. The Kier molecular flexibility index (Phi) is 3.34. The van der Waals surface area contributed by atoms with Gasteiger partial charge in [-0.15, -0.1) is 0 Å². The number of aliphatic carboxylic acids is 1. The van der Waals surface area contributed by atoms with E-state index in [0.29, 0.717) is 18.7 Å². The third-order valence-electron chi connectivity index (χ3n) is 4.01. The van der Waals surface area contributed by atoms with Crippen LogP contribution in [-0.2, 0) is 11.2 Å². The van der Waals surface area contributed by atoms with Crippen molar-refractivity contribution < 1.29 is 14.7 Å². The first-order chi connectivity index (χ1) is 9.66. The first kappa shape index (κ1) is 13.0. The Hall–Kier alpha value is -2.04. The molecule has 5 nitrogen and oxygen atoms in total. The number of para-hydroxylation sites is 1. The smallest absolute Gasteiger partial charge is 0.327 e. The minimum Gasteiger partial charge on any atom is -0.480 e. The summed E-state index contributed by atoms with van der Waals surface area (Å²) in [5.74, 6) is -0.213. The molecule has 0 spiro atoms. The summed E-state index contributed by atoms with van der Waals surface area (Å²) in [7, 11) is 0. The summed E-state index contributed by atoms with van der Waals surface area (Å²) in [6.45, 7) is 0.620. The Morgan fingerprint density at radius 3 is 2.75 bits per heavy atom. The van der Waals surface area contributed by atoms with Crippen LogP contribution >= 0.6 is 0 Å². The molecule has 1 atom stereocenters. The molecule has 0 saturated heterocycles. The molecule has 2 N–H and O–H groups in total. The fraction of sp³-hybridized carbons (Fsp3) is 0.467. The molecular formula is C15H18N2O3. The molecule has 3 rings (SSSR count). The Morgan fingerprint density at radius 1 is 1.30 bits per heavy atom. The van der Waals surface area contributed by atoms with Gasteiger partial charge in [0.2, 0.25) is 0 Å². The van der Waals surface area contributed by atoms with Gasteiger partial charge in [-0.05, 0) is 24.0 Å². The number of hydrogen-bond acceptors (Lipinski definition) is 2. The maximum absolute atomic E-state index is 12.3. The molecule has 106 valence electrons. The zero-order chi connectivity index (χ0) is 14.1. The number of nitrogens with zero attached hydrogens (tertiary/aromatic N) is 1. The molecule has 0 aromatic heterocycles. The van der Waals surface area contributed by atoms with E-state index in [0.717, 1.165) is 17.9 Å². The summed E-state index contributed by atoms with van der Waals surface area (Å²) in [6, 6.07) is 6.28. The zero-order valence-electron chi connectivity index (χ0n) is 11.2. The van der Waals surface area contributed by atoms with Crippen LogP contribution in [0, 0.1) is 5.92 Å². The molecule has 0 radical (unpaired) electrons. The third kappa shape index (κ3) is 2.48. The van der Waals surface area contributed by atoms with Gasteiger partial charge in [0.15, 0.2) is 0 Å². The van der Waals surface area contributed by atoms with Crippen LogP contribution in [0.3, 0.4) is 0 Å². The first-order valence-electron chi connectivity index (χ1n) is 7.04. The summed E-state index contributed by atoms with van der Waals surface area (Å²) in [5, 5.41) is 12.2. The molecule has 1 aliphatic heterocycles. The maximum Gasteiger partial charge on any atom is 0.327 e. The van der Waals surface area contributed by atoms with E-state index >= 15 is 0 Å². The molecule has 1 saturated carbocycles. The average Bonchev–Trinajstić information content (AvgIpc) is 3.16. The van der Waals surface area contributed by atoms with Gasteiger partial charge in [-0.25, -0.2) is 9.59 Å². The lowest BCUT2D eigenvalue weighted by molar-refractivity contribution is -0.138. The van der Waals surface area contributed by atoms with E-state index in [4.69, 9.17) is 0 Å².